The van der Waals surface area contributed by atoms with E-state index in [1.165, 1.54) is 0 Å². The van der Waals surface area contributed by atoms with Gasteiger partial charge in [0.15, 0.2) is 5.78 Å². The summed E-state index contributed by atoms with van der Waals surface area (Å²) >= 11 is 0. The van der Waals surface area contributed by atoms with E-state index in [1.54, 1.807) is 4.90 Å². The van der Waals surface area contributed by atoms with E-state index in [-0.39, 0.29) is 30.4 Å². The molecule has 0 aromatic carbocycles. The van der Waals surface area contributed by atoms with Crippen molar-refractivity contribution in [3.63, 3.8) is 0 Å². The Hall–Kier alpha value is -1.71. The van der Waals surface area contributed by atoms with E-state index in [9.17, 15) is 14.4 Å². The fourth-order valence-corrected chi connectivity index (χ4v) is 3.42. The van der Waals surface area contributed by atoms with Gasteiger partial charge in [-0.2, -0.15) is 0 Å². The summed E-state index contributed by atoms with van der Waals surface area (Å²) in [6.45, 7) is 6.93. The lowest BCUT2D eigenvalue weighted by Gasteiger charge is -2.30. The van der Waals surface area contributed by atoms with E-state index >= 15 is 0 Å². The van der Waals surface area contributed by atoms with Crippen molar-refractivity contribution < 1.29 is 23.9 Å². The Balaban J connectivity index is 1.99. The van der Waals surface area contributed by atoms with Gasteiger partial charge in [-0.05, 0) is 39.3 Å². The molecule has 2 unspecified atom stereocenters. The van der Waals surface area contributed by atoms with Crippen LogP contribution in [0.15, 0.2) is 0 Å². The molecule has 0 saturated carbocycles. The van der Waals surface area contributed by atoms with E-state index in [2.05, 4.69) is 24.5 Å². The summed E-state index contributed by atoms with van der Waals surface area (Å²) in [5.41, 5.74) is 0. The van der Waals surface area contributed by atoms with Gasteiger partial charge in [0.05, 0.1) is 19.3 Å². The number of Topliss-reactive ketones (excluding diaryl/α,β-unsaturated/α-hetero) is 1. The van der Waals surface area contributed by atoms with Crippen molar-refractivity contribution in [3.05, 3.63) is 0 Å². The Morgan fingerprint density at radius 3 is 2.52 bits per heavy atom. The zero-order chi connectivity index (χ0) is 21.4. The minimum absolute atomic E-state index is 0.0137. The number of hydrogen-bond acceptors (Lipinski definition) is 6. The predicted molar refractivity (Wildman–Crippen MR) is 109 cm³/mol. The Labute approximate surface area is 173 Å². The number of rotatable bonds is 9. The monoisotopic (exact) mass is 412 g/mol. The average Bonchev–Trinajstić information content (AvgIpc) is 3.03. The molecular formula is C20H36N4O5. The first kappa shape index (κ1) is 23.6. The number of carbonyl (C=O) groups is 3. The second-order valence-electron chi connectivity index (χ2n) is 8.47. The predicted octanol–water partition coefficient (Wildman–Crippen LogP) is 0.237. The fraction of sp³-hybridized carbons (Fsp3) is 0.850. The highest BCUT2D eigenvalue weighted by atomic mass is 16.5. The third kappa shape index (κ3) is 7.56. The van der Waals surface area contributed by atoms with Gasteiger partial charge in [-0.15, -0.1) is 0 Å². The first-order valence-corrected chi connectivity index (χ1v) is 10.5. The molecule has 2 rings (SSSR count). The van der Waals surface area contributed by atoms with Gasteiger partial charge in [0.1, 0.15) is 18.7 Å². The van der Waals surface area contributed by atoms with Crippen LogP contribution in [-0.2, 0) is 19.1 Å². The average molecular weight is 413 g/mol. The molecule has 3 amide bonds. The molecule has 2 saturated heterocycles. The van der Waals surface area contributed by atoms with Gasteiger partial charge < -0.3 is 29.9 Å². The molecule has 166 valence electrons. The molecule has 0 bridgehead atoms. The number of urea groups is 1. The maximum atomic E-state index is 13.0. The fourth-order valence-electron chi connectivity index (χ4n) is 3.42. The lowest BCUT2D eigenvalue weighted by Crippen LogP contribution is -2.56. The number of morpholine rings is 1. The van der Waals surface area contributed by atoms with Crippen molar-refractivity contribution in [2.45, 2.75) is 51.3 Å². The summed E-state index contributed by atoms with van der Waals surface area (Å²) in [6.07, 6.45) is 1.62. The van der Waals surface area contributed by atoms with Crippen molar-refractivity contribution in [1.82, 2.24) is 20.4 Å². The van der Waals surface area contributed by atoms with E-state index < -0.39 is 12.1 Å². The maximum absolute atomic E-state index is 13.0. The molecule has 2 aliphatic rings. The van der Waals surface area contributed by atoms with Crippen LogP contribution in [0.25, 0.3) is 0 Å². The van der Waals surface area contributed by atoms with Crippen molar-refractivity contribution in [2.75, 3.05) is 53.6 Å². The molecule has 2 heterocycles. The summed E-state index contributed by atoms with van der Waals surface area (Å²) in [7, 11) is 3.90. The van der Waals surface area contributed by atoms with E-state index in [0.717, 1.165) is 13.0 Å². The van der Waals surface area contributed by atoms with Gasteiger partial charge in [-0.1, -0.05) is 13.8 Å². The Bertz CT molecular complexity index is 563. The minimum atomic E-state index is -0.685. The molecule has 9 heteroatoms. The lowest BCUT2D eigenvalue weighted by atomic mass is 10.0. The molecule has 2 N–H and O–H groups in total. The smallest absolute Gasteiger partial charge is 0.318 e. The van der Waals surface area contributed by atoms with Crippen LogP contribution in [0.4, 0.5) is 4.79 Å². The lowest BCUT2D eigenvalue weighted by molar-refractivity contribution is -0.127. The zero-order valence-corrected chi connectivity index (χ0v) is 18.1. The first-order valence-electron chi connectivity index (χ1n) is 10.5. The minimum Gasteiger partial charge on any atom is -0.378 e. The summed E-state index contributed by atoms with van der Waals surface area (Å²) in [6, 6.07) is -1.62. The van der Waals surface area contributed by atoms with Gasteiger partial charge in [0.25, 0.3) is 0 Å². The zero-order valence-electron chi connectivity index (χ0n) is 18.1. The highest BCUT2D eigenvalue weighted by Gasteiger charge is 2.38. The molecule has 0 aromatic heterocycles. The molecule has 2 fully saturated rings. The highest BCUT2D eigenvalue weighted by molar-refractivity contribution is 5.94. The molecule has 0 radical (unpaired) electrons. The molecule has 29 heavy (non-hydrogen) atoms. The third-order valence-corrected chi connectivity index (χ3v) is 5.26. The second-order valence-corrected chi connectivity index (χ2v) is 8.47. The van der Waals surface area contributed by atoms with Crippen molar-refractivity contribution in [3.8, 4) is 0 Å². The standard InChI is InChI=1S/C20H36N4O5/c1-14(2)5-6-15(21-20(27)24-9-11-28-12-10-24)19(26)22-18-16(25)13-29-17(18)7-8-23(3)4/h14-15,17-18H,5-13H2,1-4H3,(H,21,27)(H,22,26)/t15-,17?,18?/m0/s1. The topological polar surface area (TPSA) is 100 Å². The second kappa shape index (κ2) is 11.5. The molecule has 0 spiro atoms. The molecule has 0 aromatic rings. The normalized spacial score (nSPS) is 23.5. The van der Waals surface area contributed by atoms with Crippen LogP contribution < -0.4 is 10.6 Å². The summed E-state index contributed by atoms with van der Waals surface area (Å²) in [4.78, 5) is 41.5. The van der Waals surface area contributed by atoms with E-state index in [4.69, 9.17) is 9.47 Å². The molecule has 2 aliphatic heterocycles. The SMILES string of the molecule is CC(C)CC[C@H](NC(=O)N1CCOCC1)C(=O)NC1C(=O)COC1CCN(C)C. The van der Waals surface area contributed by atoms with Gasteiger partial charge in [-0.3, -0.25) is 9.59 Å². The Kier molecular flexibility index (Phi) is 9.32. The summed E-state index contributed by atoms with van der Waals surface area (Å²) in [5.74, 6) is -0.0509. The van der Waals surface area contributed by atoms with Crippen LogP contribution in [0.1, 0.15) is 33.1 Å². The van der Waals surface area contributed by atoms with Crippen molar-refractivity contribution >= 4 is 17.7 Å². The largest absolute Gasteiger partial charge is 0.378 e. The van der Waals surface area contributed by atoms with Crippen LogP contribution in [0.2, 0.25) is 0 Å². The number of amides is 3. The number of carbonyl (C=O) groups excluding carboxylic acids is 3. The third-order valence-electron chi connectivity index (χ3n) is 5.26. The van der Waals surface area contributed by atoms with Crippen LogP contribution in [0, 0.1) is 5.92 Å². The quantitative estimate of drug-likeness (QED) is 0.563. The van der Waals surface area contributed by atoms with Crippen molar-refractivity contribution in [2.24, 2.45) is 5.92 Å². The maximum Gasteiger partial charge on any atom is 0.318 e. The number of ether oxygens (including phenoxy) is 2. The van der Waals surface area contributed by atoms with Gasteiger partial charge in [0, 0.05) is 19.6 Å². The van der Waals surface area contributed by atoms with Crippen molar-refractivity contribution in [1.29, 1.82) is 0 Å². The van der Waals surface area contributed by atoms with Crippen LogP contribution in [0.5, 0.6) is 0 Å². The number of hydrogen-bond donors (Lipinski definition) is 2. The number of nitrogens with zero attached hydrogens (tertiary/aromatic N) is 2. The number of nitrogens with one attached hydrogen (secondary N) is 2. The highest BCUT2D eigenvalue weighted by Crippen LogP contribution is 2.16. The van der Waals surface area contributed by atoms with Crippen LogP contribution in [-0.4, -0.2) is 99.3 Å². The van der Waals surface area contributed by atoms with Gasteiger partial charge in [0.2, 0.25) is 5.91 Å². The summed E-state index contributed by atoms with van der Waals surface area (Å²) < 4.78 is 10.9. The first-order chi connectivity index (χ1) is 13.8. The van der Waals surface area contributed by atoms with Crippen LogP contribution >= 0.6 is 0 Å². The van der Waals surface area contributed by atoms with E-state index in [0.29, 0.717) is 45.1 Å². The molecular weight excluding hydrogens is 376 g/mol. The molecule has 0 aliphatic carbocycles. The van der Waals surface area contributed by atoms with Gasteiger partial charge in [-0.25, -0.2) is 4.79 Å². The molecule has 9 nitrogen and oxygen atoms in total. The Morgan fingerprint density at radius 1 is 1.21 bits per heavy atom. The van der Waals surface area contributed by atoms with E-state index in [1.807, 2.05) is 19.0 Å². The summed E-state index contributed by atoms with van der Waals surface area (Å²) in [5, 5.41) is 5.70. The van der Waals surface area contributed by atoms with Gasteiger partial charge >= 0.3 is 6.03 Å². The Morgan fingerprint density at radius 2 is 1.90 bits per heavy atom. The van der Waals surface area contributed by atoms with Crippen LogP contribution in [0.3, 0.4) is 0 Å². The molecule has 3 atom stereocenters. The number of ketones is 1.